The minimum Gasteiger partial charge on any atom is -0.466 e. The molecule has 0 N–H and O–H groups in total. The molecular formula is C16H23NO3. The monoisotopic (exact) mass is 277 g/mol. The zero-order valence-corrected chi connectivity index (χ0v) is 12.3. The maximum absolute atomic E-state index is 12.0. The molecular weight excluding hydrogens is 254 g/mol. The highest BCUT2D eigenvalue weighted by molar-refractivity contribution is 5.75. The summed E-state index contributed by atoms with van der Waals surface area (Å²) >= 11 is 0. The van der Waals surface area contributed by atoms with Crippen LogP contribution in [0.2, 0.25) is 0 Å². The molecule has 0 bridgehead atoms. The molecule has 0 radical (unpaired) electrons. The molecule has 0 amide bonds. The number of hydrogen-bond acceptors (Lipinski definition) is 4. The molecule has 0 unspecified atom stereocenters. The first-order valence-electron chi connectivity index (χ1n) is 7.24. The lowest BCUT2D eigenvalue weighted by atomic mass is 9.92. The van der Waals surface area contributed by atoms with E-state index < -0.39 is 0 Å². The maximum atomic E-state index is 12.0. The first kappa shape index (κ1) is 14.9. The summed E-state index contributed by atoms with van der Waals surface area (Å²) in [6.45, 7) is 4.68. The van der Waals surface area contributed by atoms with Gasteiger partial charge < -0.3 is 14.4 Å². The van der Waals surface area contributed by atoms with Crippen molar-refractivity contribution in [3.63, 3.8) is 0 Å². The van der Waals surface area contributed by atoms with E-state index in [1.807, 2.05) is 19.1 Å². The normalized spacial score (nSPS) is 17.7. The van der Waals surface area contributed by atoms with Gasteiger partial charge in [0.25, 0.3) is 0 Å². The fourth-order valence-corrected chi connectivity index (χ4v) is 2.72. The summed E-state index contributed by atoms with van der Waals surface area (Å²) in [5, 5.41) is 0. The van der Waals surface area contributed by atoms with Gasteiger partial charge in [0.05, 0.1) is 12.5 Å². The molecule has 0 saturated heterocycles. The molecule has 0 aliphatic carbocycles. The van der Waals surface area contributed by atoms with E-state index >= 15 is 0 Å². The van der Waals surface area contributed by atoms with Gasteiger partial charge in [-0.3, -0.25) is 4.79 Å². The zero-order chi connectivity index (χ0) is 14.4. The van der Waals surface area contributed by atoms with Crippen LogP contribution in [0.1, 0.15) is 18.9 Å². The molecule has 20 heavy (non-hydrogen) atoms. The van der Waals surface area contributed by atoms with Crippen molar-refractivity contribution in [3.05, 3.63) is 29.8 Å². The minimum absolute atomic E-state index is 0.0626. The van der Waals surface area contributed by atoms with Crippen LogP contribution in [0.25, 0.3) is 0 Å². The summed E-state index contributed by atoms with van der Waals surface area (Å²) in [6.07, 6.45) is 1.73. The fraction of sp³-hybridized carbons (Fsp3) is 0.562. The second-order valence-corrected chi connectivity index (χ2v) is 5.07. The highest BCUT2D eigenvalue weighted by atomic mass is 16.5. The zero-order valence-electron chi connectivity index (χ0n) is 12.3. The lowest BCUT2D eigenvalue weighted by Crippen LogP contribution is -2.40. The van der Waals surface area contributed by atoms with Gasteiger partial charge in [-0.2, -0.15) is 0 Å². The lowest BCUT2D eigenvalue weighted by Gasteiger charge is -2.35. The van der Waals surface area contributed by atoms with E-state index in [1.165, 1.54) is 11.3 Å². The van der Waals surface area contributed by atoms with Gasteiger partial charge in [-0.05, 0) is 31.4 Å². The van der Waals surface area contributed by atoms with Gasteiger partial charge >= 0.3 is 5.97 Å². The minimum atomic E-state index is -0.0845. The number of anilines is 1. The number of nitrogens with zero attached hydrogens (tertiary/aromatic N) is 1. The summed E-state index contributed by atoms with van der Waals surface area (Å²) in [7, 11) is 1.71. The Labute approximate surface area is 120 Å². The van der Waals surface area contributed by atoms with Gasteiger partial charge in [0.1, 0.15) is 0 Å². The van der Waals surface area contributed by atoms with Gasteiger partial charge in [0, 0.05) is 32.5 Å². The Bertz CT molecular complexity index is 447. The quantitative estimate of drug-likeness (QED) is 0.590. The highest BCUT2D eigenvalue weighted by Gasteiger charge is 2.29. The van der Waals surface area contributed by atoms with Crippen LogP contribution in [0.3, 0.4) is 0 Å². The molecule has 0 fully saturated rings. The first-order valence-corrected chi connectivity index (χ1v) is 7.24. The standard InChI is InChI=1S/C16H23NO3/c1-3-20-16(18)14-11-13-7-4-5-8-15(13)17(12-14)9-6-10-19-2/h4-5,7-8,14H,3,6,9-12H2,1-2H3/t14-/m0/s1. The number of ether oxygens (including phenoxy) is 2. The Morgan fingerprint density at radius 3 is 2.95 bits per heavy atom. The van der Waals surface area contributed by atoms with Crippen LogP contribution in [0, 0.1) is 5.92 Å². The number of methoxy groups -OCH3 is 1. The summed E-state index contributed by atoms with van der Waals surface area (Å²) < 4.78 is 10.3. The number of hydrogen-bond donors (Lipinski definition) is 0. The van der Waals surface area contributed by atoms with Crippen molar-refractivity contribution in [3.8, 4) is 0 Å². The van der Waals surface area contributed by atoms with E-state index in [0.717, 1.165) is 32.5 Å². The molecule has 1 aromatic carbocycles. The summed E-state index contributed by atoms with van der Waals surface area (Å²) in [6, 6.07) is 8.31. The molecule has 1 aliphatic rings. The molecule has 4 nitrogen and oxygen atoms in total. The van der Waals surface area contributed by atoms with Crippen LogP contribution < -0.4 is 4.90 Å². The molecule has 0 spiro atoms. The maximum Gasteiger partial charge on any atom is 0.311 e. The lowest BCUT2D eigenvalue weighted by molar-refractivity contribution is -0.147. The number of benzene rings is 1. The van der Waals surface area contributed by atoms with E-state index in [2.05, 4.69) is 17.0 Å². The summed E-state index contributed by atoms with van der Waals surface area (Å²) in [5.74, 6) is -0.147. The van der Waals surface area contributed by atoms with Crippen LogP contribution in [0.15, 0.2) is 24.3 Å². The number of esters is 1. The average Bonchev–Trinajstić information content (AvgIpc) is 2.47. The second-order valence-electron chi connectivity index (χ2n) is 5.07. The van der Waals surface area contributed by atoms with E-state index in [9.17, 15) is 4.79 Å². The highest BCUT2D eigenvalue weighted by Crippen LogP contribution is 2.30. The van der Waals surface area contributed by atoms with Crippen LogP contribution in [0.4, 0.5) is 5.69 Å². The van der Waals surface area contributed by atoms with Crippen molar-refractivity contribution in [2.45, 2.75) is 19.8 Å². The molecule has 1 atom stereocenters. The number of para-hydroxylation sites is 1. The summed E-state index contributed by atoms with van der Waals surface area (Å²) in [5.41, 5.74) is 2.47. The van der Waals surface area contributed by atoms with Crippen LogP contribution in [-0.4, -0.2) is 39.4 Å². The third-order valence-electron chi connectivity index (χ3n) is 3.64. The van der Waals surface area contributed by atoms with E-state index in [-0.39, 0.29) is 11.9 Å². The molecule has 0 saturated carbocycles. The fourth-order valence-electron chi connectivity index (χ4n) is 2.72. The van der Waals surface area contributed by atoms with Crippen molar-refractivity contribution >= 4 is 11.7 Å². The average molecular weight is 277 g/mol. The molecule has 110 valence electrons. The predicted octanol–water partition coefficient (Wildman–Crippen LogP) is 2.26. The number of fused-ring (bicyclic) bond motifs is 1. The second kappa shape index (κ2) is 7.29. The third-order valence-corrected chi connectivity index (χ3v) is 3.64. The van der Waals surface area contributed by atoms with Crippen LogP contribution in [0.5, 0.6) is 0 Å². The molecule has 2 rings (SSSR count). The van der Waals surface area contributed by atoms with Gasteiger partial charge in [0.15, 0.2) is 0 Å². The number of rotatable bonds is 6. The van der Waals surface area contributed by atoms with Gasteiger partial charge in [-0.15, -0.1) is 0 Å². The number of carbonyl (C=O) groups is 1. The largest absolute Gasteiger partial charge is 0.466 e. The van der Waals surface area contributed by atoms with E-state index in [1.54, 1.807) is 7.11 Å². The Kier molecular flexibility index (Phi) is 5.41. The van der Waals surface area contributed by atoms with Crippen molar-refractivity contribution in [2.24, 2.45) is 5.92 Å². The van der Waals surface area contributed by atoms with E-state index in [4.69, 9.17) is 9.47 Å². The molecule has 1 heterocycles. The van der Waals surface area contributed by atoms with Crippen molar-refractivity contribution in [1.82, 2.24) is 0 Å². The Morgan fingerprint density at radius 1 is 1.40 bits per heavy atom. The topological polar surface area (TPSA) is 38.8 Å². The number of carbonyl (C=O) groups excluding carboxylic acids is 1. The Balaban J connectivity index is 2.11. The van der Waals surface area contributed by atoms with Crippen molar-refractivity contribution < 1.29 is 14.3 Å². The predicted molar refractivity (Wildman–Crippen MR) is 79.0 cm³/mol. The van der Waals surface area contributed by atoms with Gasteiger partial charge in [0.2, 0.25) is 0 Å². The van der Waals surface area contributed by atoms with Gasteiger partial charge in [-0.1, -0.05) is 18.2 Å². The smallest absolute Gasteiger partial charge is 0.311 e. The van der Waals surface area contributed by atoms with Crippen LogP contribution in [-0.2, 0) is 20.7 Å². The van der Waals surface area contributed by atoms with Crippen LogP contribution >= 0.6 is 0 Å². The van der Waals surface area contributed by atoms with Gasteiger partial charge in [-0.25, -0.2) is 0 Å². The third kappa shape index (κ3) is 3.51. The molecule has 1 aliphatic heterocycles. The first-order chi connectivity index (χ1) is 9.76. The SMILES string of the molecule is CCOC(=O)[C@H]1Cc2ccccc2N(CCCOC)C1. The Morgan fingerprint density at radius 2 is 2.20 bits per heavy atom. The summed E-state index contributed by atoms with van der Waals surface area (Å²) in [4.78, 5) is 14.3. The Hall–Kier alpha value is -1.55. The molecule has 4 heteroatoms. The van der Waals surface area contributed by atoms with Crippen molar-refractivity contribution in [1.29, 1.82) is 0 Å². The van der Waals surface area contributed by atoms with Crippen molar-refractivity contribution in [2.75, 3.05) is 38.3 Å². The molecule has 1 aromatic rings. The van der Waals surface area contributed by atoms with E-state index in [0.29, 0.717) is 6.61 Å². The molecule has 0 aromatic heterocycles.